The van der Waals surface area contributed by atoms with Gasteiger partial charge < -0.3 is 10.1 Å². The molecule has 0 aliphatic rings. The van der Waals surface area contributed by atoms with E-state index >= 15 is 0 Å². The predicted molar refractivity (Wildman–Crippen MR) is 92.9 cm³/mol. The number of aryl methyl sites for hydroxylation is 1. The number of carbonyl (C=O) groups excluding carboxylic acids is 2. The van der Waals surface area contributed by atoms with Crippen molar-refractivity contribution in [2.45, 2.75) is 24.0 Å². The van der Waals surface area contributed by atoms with Crippen LogP contribution in [0.15, 0.2) is 53.4 Å². The number of nitrogens with one attached hydrogen (secondary N) is 1. The van der Waals surface area contributed by atoms with E-state index in [-0.39, 0.29) is 11.2 Å². The first kappa shape index (κ1) is 17.1. The van der Waals surface area contributed by atoms with Crippen LogP contribution in [0.4, 0.5) is 5.69 Å². The van der Waals surface area contributed by atoms with Crippen molar-refractivity contribution in [2.24, 2.45) is 0 Å². The molecule has 0 bridgehead atoms. The summed E-state index contributed by atoms with van der Waals surface area (Å²) in [5.41, 5.74) is 1.93. The highest BCUT2D eigenvalue weighted by atomic mass is 32.2. The largest absolute Gasteiger partial charge is 0.465 e. The standard InChI is InChI=1S/C18H19NO3S/c1-12-9-10-14(18(21)22-3)11-16(12)19-17(20)13(2)23-15-7-5-4-6-8-15/h4-11,13H,1-3H3,(H,19,20)/t13-/m0/s1. The van der Waals surface area contributed by atoms with Crippen LogP contribution in [0.5, 0.6) is 0 Å². The molecule has 0 spiro atoms. The highest BCUT2D eigenvalue weighted by molar-refractivity contribution is 8.00. The summed E-state index contributed by atoms with van der Waals surface area (Å²) in [4.78, 5) is 25.0. The van der Waals surface area contributed by atoms with E-state index in [0.29, 0.717) is 11.3 Å². The summed E-state index contributed by atoms with van der Waals surface area (Å²) in [6.07, 6.45) is 0. The van der Waals surface area contributed by atoms with E-state index in [1.807, 2.05) is 44.2 Å². The summed E-state index contributed by atoms with van der Waals surface area (Å²) in [5, 5.41) is 2.63. The molecule has 2 aromatic carbocycles. The van der Waals surface area contributed by atoms with Crippen molar-refractivity contribution >= 4 is 29.3 Å². The first-order valence-electron chi connectivity index (χ1n) is 7.23. The summed E-state index contributed by atoms with van der Waals surface area (Å²) in [7, 11) is 1.33. The minimum absolute atomic E-state index is 0.107. The third kappa shape index (κ3) is 4.60. The van der Waals surface area contributed by atoms with E-state index in [4.69, 9.17) is 4.74 Å². The average molecular weight is 329 g/mol. The topological polar surface area (TPSA) is 55.4 Å². The van der Waals surface area contributed by atoms with Crippen LogP contribution in [-0.2, 0) is 9.53 Å². The van der Waals surface area contributed by atoms with Crippen LogP contribution in [0.3, 0.4) is 0 Å². The van der Waals surface area contributed by atoms with E-state index in [0.717, 1.165) is 10.5 Å². The molecule has 5 heteroatoms. The van der Waals surface area contributed by atoms with Crippen LogP contribution in [0.25, 0.3) is 0 Å². The fourth-order valence-corrected chi connectivity index (χ4v) is 2.88. The van der Waals surface area contributed by atoms with Gasteiger partial charge in [-0.05, 0) is 43.7 Å². The number of esters is 1. The molecule has 1 N–H and O–H groups in total. The van der Waals surface area contributed by atoms with Gasteiger partial charge in [-0.15, -0.1) is 11.8 Å². The lowest BCUT2D eigenvalue weighted by atomic mass is 10.1. The van der Waals surface area contributed by atoms with Gasteiger partial charge >= 0.3 is 5.97 Å². The molecule has 2 aromatic rings. The van der Waals surface area contributed by atoms with Gasteiger partial charge in [-0.1, -0.05) is 24.3 Å². The second kappa shape index (κ2) is 7.83. The van der Waals surface area contributed by atoms with Crippen molar-refractivity contribution in [3.63, 3.8) is 0 Å². The highest BCUT2D eigenvalue weighted by Crippen LogP contribution is 2.25. The number of hydrogen-bond acceptors (Lipinski definition) is 4. The molecule has 0 fully saturated rings. The quantitative estimate of drug-likeness (QED) is 0.668. The average Bonchev–Trinajstić information content (AvgIpc) is 2.56. The number of anilines is 1. The van der Waals surface area contributed by atoms with Gasteiger partial charge in [0.2, 0.25) is 5.91 Å². The lowest BCUT2D eigenvalue weighted by Gasteiger charge is -2.14. The van der Waals surface area contributed by atoms with Gasteiger partial charge in [-0.3, -0.25) is 4.79 Å². The molecule has 0 radical (unpaired) electrons. The van der Waals surface area contributed by atoms with Gasteiger partial charge in [0.15, 0.2) is 0 Å². The fourth-order valence-electron chi connectivity index (χ4n) is 1.99. The summed E-state index contributed by atoms with van der Waals surface area (Å²) in [6.45, 7) is 3.73. The Labute approximate surface area is 140 Å². The van der Waals surface area contributed by atoms with Crippen molar-refractivity contribution in [3.8, 4) is 0 Å². The number of benzene rings is 2. The number of ether oxygens (including phenoxy) is 1. The van der Waals surface area contributed by atoms with Crippen LogP contribution in [-0.4, -0.2) is 24.2 Å². The van der Waals surface area contributed by atoms with Crippen LogP contribution >= 0.6 is 11.8 Å². The third-order valence-corrected chi connectivity index (χ3v) is 4.45. The van der Waals surface area contributed by atoms with E-state index in [9.17, 15) is 9.59 Å². The molecule has 1 atom stereocenters. The maximum atomic E-state index is 12.4. The minimum Gasteiger partial charge on any atom is -0.465 e. The third-order valence-electron chi connectivity index (χ3n) is 3.34. The SMILES string of the molecule is COC(=O)c1ccc(C)c(NC(=O)[C@H](C)Sc2ccccc2)c1. The fraction of sp³-hybridized carbons (Fsp3) is 0.222. The Kier molecular flexibility index (Phi) is 5.82. The summed E-state index contributed by atoms with van der Waals surface area (Å²) in [5.74, 6) is -0.531. The number of thioether (sulfide) groups is 1. The zero-order valence-electron chi connectivity index (χ0n) is 13.3. The van der Waals surface area contributed by atoms with Gasteiger partial charge in [0.1, 0.15) is 0 Å². The van der Waals surface area contributed by atoms with Crippen molar-refractivity contribution in [1.82, 2.24) is 0 Å². The Morgan fingerprint density at radius 3 is 2.48 bits per heavy atom. The van der Waals surface area contributed by atoms with Crippen LogP contribution in [0, 0.1) is 6.92 Å². The highest BCUT2D eigenvalue weighted by Gasteiger charge is 2.16. The molecule has 0 aliphatic heterocycles. The number of hydrogen-bond donors (Lipinski definition) is 1. The molecule has 120 valence electrons. The predicted octanol–water partition coefficient (Wildman–Crippen LogP) is 3.90. The van der Waals surface area contributed by atoms with E-state index in [1.165, 1.54) is 18.9 Å². The smallest absolute Gasteiger partial charge is 0.337 e. The number of amides is 1. The van der Waals surface area contributed by atoms with Gasteiger partial charge in [-0.2, -0.15) is 0 Å². The van der Waals surface area contributed by atoms with E-state index in [1.54, 1.807) is 18.2 Å². The Balaban J connectivity index is 2.08. The monoisotopic (exact) mass is 329 g/mol. The maximum Gasteiger partial charge on any atom is 0.337 e. The molecule has 0 saturated heterocycles. The Morgan fingerprint density at radius 2 is 1.83 bits per heavy atom. The summed E-state index contributed by atoms with van der Waals surface area (Å²) in [6, 6.07) is 14.9. The second-order valence-electron chi connectivity index (χ2n) is 5.08. The molecule has 0 unspecified atom stereocenters. The minimum atomic E-state index is -0.424. The first-order valence-corrected chi connectivity index (χ1v) is 8.10. The second-order valence-corrected chi connectivity index (χ2v) is 6.50. The Hall–Kier alpha value is -2.27. The lowest BCUT2D eigenvalue weighted by molar-refractivity contribution is -0.115. The Morgan fingerprint density at radius 1 is 1.13 bits per heavy atom. The molecule has 4 nitrogen and oxygen atoms in total. The van der Waals surface area contributed by atoms with Crippen LogP contribution < -0.4 is 5.32 Å². The van der Waals surface area contributed by atoms with E-state index < -0.39 is 5.97 Å². The molecule has 0 aliphatic carbocycles. The van der Waals surface area contributed by atoms with Gasteiger partial charge in [0.05, 0.1) is 17.9 Å². The van der Waals surface area contributed by atoms with E-state index in [2.05, 4.69) is 5.32 Å². The van der Waals surface area contributed by atoms with Crippen molar-refractivity contribution in [3.05, 3.63) is 59.7 Å². The normalized spacial score (nSPS) is 11.6. The maximum absolute atomic E-state index is 12.4. The summed E-state index contributed by atoms with van der Waals surface area (Å²) >= 11 is 1.49. The zero-order chi connectivity index (χ0) is 16.8. The van der Waals surface area contributed by atoms with Crippen molar-refractivity contribution in [2.75, 3.05) is 12.4 Å². The summed E-state index contributed by atoms with van der Waals surface area (Å²) < 4.78 is 4.71. The van der Waals surface area contributed by atoms with Crippen molar-refractivity contribution < 1.29 is 14.3 Å². The molecular weight excluding hydrogens is 310 g/mol. The molecule has 1 amide bonds. The molecule has 0 saturated carbocycles. The van der Waals surface area contributed by atoms with Gasteiger partial charge in [-0.25, -0.2) is 4.79 Å². The molecule has 23 heavy (non-hydrogen) atoms. The zero-order valence-corrected chi connectivity index (χ0v) is 14.1. The number of rotatable bonds is 5. The van der Waals surface area contributed by atoms with Crippen LogP contribution in [0.1, 0.15) is 22.8 Å². The van der Waals surface area contributed by atoms with Gasteiger partial charge in [0, 0.05) is 10.6 Å². The van der Waals surface area contributed by atoms with Crippen LogP contribution in [0.2, 0.25) is 0 Å². The Bertz CT molecular complexity index is 701. The molecule has 2 rings (SSSR count). The first-order chi connectivity index (χ1) is 11.0. The molecule has 0 aromatic heterocycles. The lowest BCUT2D eigenvalue weighted by Crippen LogP contribution is -2.23. The van der Waals surface area contributed by atoms with Gasteiger partial charge in [0.25, 0.3) is 0 Å². The molecular formula is C18H19NO3S. The molecule has 0 heterocycles. The number of carbonyl (C=O) groups is 2. The van der Waals surface area contributed by atoms with Crippen molar-refractivity contribution in [1.29, 1.82) is 0 Å². The number of methoxy groups -OCH3 is 1.